The van der Waals surface area contributed by atoms with Crippen LogP contribution in [-0.4, -0.2) is 21.8 Å². The summed E-state index contributed by atoms with van der Waals surface area (Å²) in [6.45, 7) is 0. The number of amides is 1. The molecule has 2 aromatic rings. The topological polar surface area (TPSA) is 88.8 Å². The van der Waals surface area contributed by atoms with Crippen molar-refractivity contribution in [3.63, 3.8) is 0 Å². The van der Waals surface area contributed by atoms with Crippen LogP contribution in [0.5, 0.6) is 0 Å². The molecule has 0 radical (unpaired) electrons. The van der Waals surface area contributed by atoms with Gasteiger partial charge in [0.1, 0.15) is 5.69 Å². The van der Waals surface area contributed by atoms with Gasteiger partial charge in [-0.05, 0) is 43.6 Å². The number of H-pyrrole nitrogens is 1. The van der Waals surface area contributed by atoms with Gasteiger partial charge in [0.2, 0.25) is 5.92 Å². The van der Waals surface area contributed by atoms with E-state index in [1.807, 2.05) is 0 Å². The highest BCUT2D eigenvalue weighted by Crippen LogP contribution is 2.48. The number of aromatic amines is 1. The van der Waals surface area contributed by atoms with Crippen molar-refractivity contribution < 1.29 is 13.6 Å². The van der Waals surface area contributed by atoms with Crippen molar-refractivity contribution in [2.24, 2.45) is 17.6 Å². The van der Waals surface area contributed by atoms with Gasteiger partial charge in [-0.15, -0.1) is 0 Å². The summed E-state index contributed by atoms with van der Waals surface area (Å²) in [5.41, 5.74) is 6.44. The number of carbonyl (C=O) groups is 1. The lowest BCUT2D eigenvalue weighted by Crippen LogP contribution is -2.33. The molecule has 0 bridgehead atoms. The van der Waals surface area contributed by atoms with Crippen LogP contribution in [0.3, 0.4) is 0 Å². The van der Waals surface area contributed by atoms with Gasteiger partial charge in [0, 0.05) is 36.7 Å². The Hall–Kier alpha value is -2.31. The first-order chi connectivity index (χ1) is 13.4. The third-order valence-electron chi connectivity index (χ3n) is 6.58. The molecule has 28 heavy (non-hydrogen) atoms. The summed E-state index contributed by atoms with van der Waals surface area (Å²) >= 11 is 0. The van der Waals surface area contributed by atoms with Gasteiger partial charge in [0.15, 0.2) is 5.43 Å². The van der Waals surface area contributed by atoms with Crippen LogP contribution in [0.4, 0.5) is 8.78 Å². The molecule has 2 atom stereocenters. The van der Waals surface area contributed by atoms with E-state index in [-0.39, 0.29) is 41.2 Å². The average molecular weight is 389 g/mol. The number of aromatic nitrogens is 2. The summed E-state index contributed by atoms with van der Waals surface area (Å²) in [6.07, 6.45) is 6.57. The predicted octanol–water partition coefficient (Wildman–Crippen LogP) is 4.12. The number of alkyl halides is 2. The molecule has 2 aromatic heterocycles. The molecule has 2 heterocycles. The maximum absolute atomic E-state index is 13.6. The number of primary amides is 1. The Labute approximate surface area is 161 Å². The van der Waals surface area contributed by atoms with E-state index in [0.29, 0.717) is 24.3 Å². The molecule has 5 nitrogen and oxygen atoms in total. The molecule has 7 heteroatoms. The largest absolute Gasteiger partial charge is 0.364 e. The summed E-state index contributed by atoms with van der Waals surface area (Å²) < 4.78 is 27.2. The number of nitrogens with one attached hydrogen (secondary N) is 1. The molecule has 2 saturated carbocycles. The van der Waals surface area contributed by atoms with E-state index in [1.165, 1.54) is 6.20 Å². The number of rotatable bonds is 3. The first-order valence-electron chi connectivity index (χ1n) is 10.1. The molecule has 0 aromatic carbocycles. The van der Waals surface area contributed by atoms with Crippen LogP contribution in [0.15, 0.2) is 23.1 Å². The zero-order valence-corrected chi connectivity index (χ0v) is 15.7. The first-order valence-corrected chi connectivity index (χ1v) is 10.1. The van der Waals surface area contributed by atoms with Gasteiger partial charge in [-0.25, -0.2) is 8.78 Å². The van der Waals surface area contributed by atoms with Gasteiger partial charge < -0.3 is 10.7 Å². The number of pyridine rings is 2. The third kappa shape index (κ3) is 3.54. The van der Waals surface area contributed by atoms with E-state index in [9.17, 15) is 18.4 Å². The van der Waals surface area contributed by atoms with Crippen molar-refractivity contribution in [2.45, 2.75) is 63.2 Å². The summed E-state index contributed by atoms with van der Waals surface area (Å²) in [5, 5.41) is 0.211. The van der Waals surface area contributed by atoms with E-state index in [0.717, 1.165) is 31.4 Å². The van der Waals surface area contributed by atoms with Crippen molar-refractivity contribution in [1.82, 2.24) is 9.97 Å². The highest BCUT2D eigenvalue weighted by atomic mass is 19.3. The molecule has 1 unspecified atom stereocenters. The molecule has 2 aliphatic carbocycles. The van der Waals surface area contributed by atoms with Gasteiger partial charge in [-0.2, -0.15) is 0 Å². The summed E-state index contributed by atoms with van der Waals surface area (Å²) in [5.74, 6) is -2.55. The molecular weight excluding hydrogens is 364 g/mol. The standard InChI is InChI=1S/C21H25F2N3O2/c22-21(23)8-5-12(6-9-21)13-3-1-2-4-14(13)16-11-17(27)18-15(26-16)7-10-25-19(18)20(24)28/h7,10-14H,1-6,8-9H2,(H2,24,28)(H,26,27)/t13?,14-/m1/s1. The van der Waals surface area contributed by atoms with Crippen LogP contribution in [0, 0.1) is 11.8 Å². The molecule has 4 rings (SSSR count). The first kappa shape index (κ1) is 19.0. The van der Waals surface area contributed by atoms with Gasteiger partial charge in [-0.3, -0.25) is 14.6 Å². The highest BCUT2D eigenvalue weighted by Gasteiger charge is 2.41. The lowest BCUT2D eigenvalue weighted by molar-refractivity contribution is -0.0557. The van der Waals surface area contributed by atoms with Crippen molar-refractivity contribution in [3.8, 4) is 0 Å². The zero-order chi connectivity index (χ0) is 19.9. The van der Waals surface area contributed by atoms with Gasteiger partial charge in [0.25, 0.3) is 5.91 Å². The SMILES string of the molecule is NC(=O)c1nccc2[nH]c([C@@H]3CCCCC3C3CCC(F)(F)CC3)cc(=O)c12. The van der Waals surface area contributed by atoms with Gasteiger partial charge >= 0.3 is 0 Å². The molecule has 150 valence electrons. The fourth-order valence-corrected chi connectivity index (χ4v) is 5.21. The van der Waals surface area contributed by atoms with E-state index in [4.69, 9.17) is 5.73 Å². The molecule has 0 aliphatic heterocycles. The fourth-order valence-electron chi connectivity index (χ4n) is 5.21. The van der Waals surface area contributed by atoms with Crippen molar-refractivity contribution >= 4 is 16.8 Å². The number of hydrogen-bond donors (Lipinski definition) is 2. The third-order valence-corrected chi connectivity index (χ3v) is 6.58. The Morgan fingerprint density at radius 1 is 1.18 bits per heavy atom. The van der Waals surface area contributed by atoms with E-state index < -0.39 is 11.8 Å². The van der Waals surface area contributed by atoms with Crippen molar-refractivity contribution in [2.75, 3.05) is 0 Å². The van der Waals surface area contributed by atoms with Crippen LogP contribution >= 0.6 is 0 Å². The van der Waals surface area contributed by atoms with Crippen LogP contribution in [0.25, 0.3) is 10.9 Å². The Morgan fingerprint density at radius 2 is 1.89 bits per heavy atom. The minimum absolute atomic E-state index is 0.0278. The minimum atomic E-state index is -2.53. The maximum Gasteiger partial charge on any atom is 0.268 e. The van der Waals surface area contributed by atoms with Crippen LogP contribution < -0.4 is 11.2 Å². The number of nitrogens with two attached hydrogens (primary N) is 1. The number of hydrogen-bond acceptors (Lipinski definition) is 3. The molecule has 2 aliphatic rings. The normalized spacial score (nSPS) is 25.6. The van der Waals surface area contributed by atoms with Crippen LogP contribution in [0.2, 0.25) is 0 Å². The molecule has 1 amide bonds. The number of carbonyl (C=O) groups excluding carboxylic acids is 1. The minimum Gasteiger partial charge on any atom is -0.364 e. The second kappa shape index (κ2) is 7.26. The molecule has 3 N–H and O–H groups in total. The van der Waals surface area contributed by atoms with E-state index >= 15 is 0 Å². The van der Waals surface area contributed by atoms with E-state index in [1.54, 1.807) is 12.1 Å². The van der Waals surface area contributed by atoms with Gasteiger partial charge in [0.05, 0.1) is 10.9 Å². The number of fused-ring (bicyclic) bond motifs is 1. The van der Waals surface area contributed by atoms with E-state index in [2.05, 4.69) is 9.97 Å². The van der Waals surface area contributed by atoms with Gasteiger partial charge in [-0.1, -0.05) is 12.8 Å². The lowest BCUT2D eigenvalue weighted by atomic mass is 9.66. The zero-order valence-electron chi connectivity index (χ0n) is 15.7. The summed E-state index contributed by atoms with van der Waals surface area (Å²) in [4.78, 5) is 31.6. The van der Waals surface area contributed by atoms with Crippen molar-refractivity contribution in [3.05, 3.63) is 39.9 Å². The second-order valence-electron chi connectivity index (χ2n) is 8.28. The molecular formula is C21H25F2N3O2. The number of nitrogens with zero attached hydrogens (tertiary/aromatic N) is 1. The Balaban J connectivity index is 1.69. The monoisotopic (exact) mass is 389 g/mol. The molecule has 2 fully saturated rings. The predicted molar refractivity (Wildman–Crippen MR) is 102 cm³/mol. The average Bonchev–Trinajstić information content (AvgIpc) is 2.67. The van der Waals surface area contributed by atoms with Crippen molar-refractivity contribution in [1.29, 1.82) is 0 Å². The number of halogens is 2. The second-order valence-corrected chi connectivity index (χ2v) is 8.28. The fraction of sp³-hybridized carbons (Fsp3) is 0.571. The maximum atomic E-state index is 13.6. The van der Waals surface area contributed by atoms with Crippen LogP contribution in [-0.2, 0) is 0 Å². The molecule has 0 saturated heterocycles. The highest BCUT2D eigenvalue weighted by molar-refractivity contribution is 6.03. The quantitative estimate of drug-likeness (QED) is 0.827. The lowest BCUT2D eigenvalue weighted by Gasteiger charge is -2.40. The van der Waals surface area contributed by atoms with Crippen LogP contribution in [0.1, 0.15) is 73.5 Å². The summed E-state index contributed by atoms with van der Waals surface area (Å²) in [6, 6.07) is 3.22. The Kier molecular flexibility index (Phi) is 4.93. The smallest absolute Gasteiger partial charge is 0.268 e. The Bertz CT molecular complexity index is 946. The Morgan fingerprint density at radius 3 is 2.61 bits per heavy atom. The summed E-state index contributed by atoms with van der Waals surface area (Å²) in [7, 11) is 0. The molecule has 0 spiro atoms.